The molecule has 23 heavy (non-hydrogen) atoms. The maximum Gasteiger partial charge on any atom is 0.409 e. The lowest BCUT2D eigenvalue weighted by molar-refractivity contribution is 0.0963. The molecular formula is C15H25IN4O2S. The number of ether oxygens (including phenoxy) is 1. The fraction of sp³-hybridized carbons (Fsp3) is 0.600. The van der Waals surface area contributed by atoms with Crippen molar-refractivity contribution in [2.24, 2.45) is 10.7 Å². The molecule has 3 N–H and O–H groups in total. The quantitative estimate of drug-likeness (QED) is 0.409. The van der Waals surface area contributed by atoms with Crippen LogP contribution in [0.25, 0.3) is 0 Å². The first-order chi connectivity index (χ1) is 10.7. The summed E-state index contributed by atoms with van der Waals surface area (Å²) in [4.78, 5) is 19.0. The predicted molar refractivity (Wildman–Crippen MR) is 105 cm³/mol. The molecule has 6 nitrogen and oxygen atoms in total. The number of nitrogens with one attached hydrogen (secondary N) is 1. The highest BCUT2D eigenvalue weighted by molar-refractivity contribution is 14.0. The summed E-state index contributed by atoms with van der Waals surface area (Å²) in [7, 11) is 0. The van der Waals surface area contributed by atoms with Crippen LogP contribution >= 0.6 is 35.3 Å². The number of thiophene rings is 1. The highest BCUT2D eigenvalue weighted by Gasteiger charge is 2.23. The molecule has 130 valence electrons. The molecule has 0 spiro atoms. The third-order valence-electron chi connectivity index (χ3n) is 3.59. The largest absolute Gasteiger partial charge is 0.450 e. The first kappa shape index (κ1) is 20.0. The van der Waals surface area contributed by atoms with Crippen molar-refractivity contribution in [3.63, 3.8) is 0 Å². The Balaban J connectivity index is 0.00000264. The standard InChI is InChI=1S/C15H24N4O2S.HI/c1-2-21-15(20)19-9-6-12(7-10-19)18-14(16)17-8-5-13-4-3-11-22-13;/h3-4,11-12H,2,5-10H2,1H3,(H3,16,17,18);1H. The molecule has 2 heterocycles. The first-order valence-electron chi connectivity index (χ1n) is 7.69. The SMILES string of the molecule is CCOC(=O)N1CCC(NC(N)=NCCc2cccs2)CC1.I. The molecule has 8 heteroatoms. The van der Waals surface area contributed by atoms with E-state index >= 15 is 0 Å². The molecule has 0 aromatic carbocycles. The summed E-state index contributed by atoms with van der Waals surface area (Å²) >= 11 is 1.74. The minimum atomic E-state index is -0.224. The van der Waals surface area contributed by atoms with Gasteiger partial charge >= 0.3 is 6.09 Å². The second kappa shape index (κ2) is 10.7. The Morgan fingerprint density at radius 3 is 2.87 bits per heavy atom. The number of guanidine groups is 1. The van der Waals surface area contributed by atoms with Gasteiger partial charge in [-0.3, -0.25) is 4.99 Å². The Bertz CT molecular complexity index is 488. The van der Waals surface area contributed by atoms with Crippen molar-refractivity contribution in [2.75, 3.05) is 26.2 Å². The van der Waals surface area contributed by atoms with Crippen LogP contribution in [0.1, 0.15) is 24.6 Å². The Labute approximate surface area is 158 Å². The first-order valence-corrected chi connectivity index (χ1v) is 8.57. The van der Waals surface area contributed by atoms with Gasteiger partial charge in [0.1, 0.15) is 0 Å². The van der Waals surface area contributed by atoms with Crippen molar-refractivity contribution < 1.29 is 9.53 Å². The van der Waals surface area contributed by atoms with Gasteiger partial charge in [0, 0.05) is 37.0 Å². The molecule has 2 rings (SSSR count). The van der Waals surface area contributed by atoms with Crippen LogP contribution in [0.15, 0.2) is 22.5 Å². The number of carbonyl (C=O) groups is 1. The fourth-order valence-electron chi connectivity index (χ4n) is 2.42. The maximum absolute atomic E-state index is 11.6. The fourth-order valence-corrected chi connectivity index (χ4v) is 3.12. The molecule has 0 saturated carbocycles. The smallest absolute Gasteiger partial charge is 0.409 e. The molecule has 1 aliphatic heterocycles. The van der Waals surface area contributed by atoms with Crippen LogP contribution in [0, 0.1) is 0 Å². The highest BCUT2D eigenvalue weighted by atomic mass is 127. The van der Waals surface area contributed by atoms with Gasteiger partial charge in [-0.25, -0.2) is 4.79 Å². The number of piperidine rings is 1. The van der Waals surface area contributed by atoms with Gasteiger partial charge in [0.05, 0.1) is 6.61 Å². The Morgan fingerprint density at radius 2 is 2.26 bits per heavy atom. The van der Waals surface area contributed by atoms with E-state index in [2.05, 4.69) is 21.8 Å². The zero-order valence-electron chi connectivity index (χ0n) is 13.4. The second-order valence-corrected chi connectivity index (χ2v) is 6.23. The van der Waals surface area contributed by atoms with Gasteiger partial charge in [-0.2, -0.15) is 0 Å². The topological polar surface area (TPSA) is 80.0 Å². The van der Waals surface area contributed by atoms with Crippen molar-refractivity contribution in [1.29, 1.82) is 0 Å². The summed E-state index contributed by atoms with van der Waals surface area (Å²) in [5, 5.41) is 5.31. The van der Waals surface area contributed by atoms with E-state index in [9.17, 15) is 4.79 Å². The lowest BCUT2D eigenvalue weighted by atomic mass is 10.1. The van der Waals surface area contributed by atoms with Gasteiger partial charge in [0.2, 0.25) is 0 Å². The molecule has 0 aliphatic carbocycles. The van der Waals surface area contributed by atoms with Gasteiger partial charge in [-0.15, -0.1) is 35.3 Å². The second-order valence-electron chi connectivity index (χ2n) is 5.20. The number of hydrogen-bond donors (Lipinski definition) is 2. The third-order valence-corrected chi connectivity index (χ3v) is 4.53. The van der Waals surface area contributed by atoms with E-state index in [4.69, 9.17) is 10.5 Å². The molecule has 1 saturated heterocycles. The van der Waals surface area contributed by atoms with Crippen LogP contribution in [0.2, 0.25) is 0 Å². The van der Waals surface area contributed by atoms with Crippen molar-refractivity contribution in [3.8, 4) is 0 Å². The van der Waals surface area contributed by atoms with E-state index in [1.54, 1.807) is 16.2 Å². The van der Waals surface area contributed by atoms with Crippen LogP contribution in [0.4, 0.5) is 4.79 Å². The van der Waals surface area contributed by atoms with E-state index in [1.165, 1.54) is 4.88 Å². The zero-order chi connectivity index (χ0) is 15.8. The number of nitrogens with zero attached hydrogens (tertiary/aromatic N) is 2. The monoisotopic (exact) mass is 452 g/mol. The molecule has 1 fully saturated rings. The van der Waals surface area contributed by atoms with Gasteiger partial charge in [0.15, 0.2) is 5.96 Å². The predicted octanol–water partition coefficient (Wildman–Crippen LogP) is 2.43. The molecule has 0 unspecified atom stereocenters. The molecule has 1 amide bonds. The zero-order valence-corrected chi connectivity index (χ0v) is 16.5. The van der Waals surface area contributed by atoms with Crippen molar-refractivity contribution in [3.05, 3.63) is 22.4 Å². The summed E-state index contributed by atoms with van der Waals surface area (Å²) < 4.78 is 5.01. The van der Waals surface area contributed by atoms with Crippen LogP contribution in [-0.4, -0.2) is 49.2 Å². The normalized spacial score (nSPS) is 15.9. The highest BCUT2D eigenvalue weighted by Crippen LogP contribution is 2.11. The third kappa shape index (κ3) is 6.94. The average molecular weight is 452 g/mol. The van der Waals surface area contributed by atoms with Gasteiger partial charge < -0.3 is 20.7 Å². The molecule has 1 aromatic rings. The van der Waals surface area contributed by atoms with Crippen molar-refractivity contribution >= 4 is 47.4 Å². The van der Waals surface area contributed by atoms with E-state index in [-0.39, 0.29) is 36.1 Å². The van der Waals surface area contributed by atoms with Crippen LogP contribution in [0.3, 0.4) is 0 Å². The van der Waals surface area contributed by atoms with E-state index in [1.807, 2.05) is 13.0 Å². The van der Waals surface area contributed by atoms with Gasteiger partial charge in [0.25, 0.3) is 0 Å². The minimum Gasteiger partial charge on any atom is -0.450 e. The maximum atomic E-state index is 11.6. The molecule has 0 atom stereocenters. The van der Waals surface area contributed by atoms with Crippen LogP contribution in [-0.2, 0) is 11.2 Å². The summed E-state index contributed by atoms with van der Waals surface area (Å²) in [6, 6.07) is 4.42. The van der Waals surface area contributed by atoms with E-state index in [0.29, 0.717) is 32.2 Å². The molecule has 1 aliphatic rings. The van der Waals surface area contributed by atoms with E-state index in [0.717, 1.165) is 19.3 Å². The van der Waals surface area contributed by atoms with Crippen LogP contribution < -0.4 is 11.1 Å². The number of nitrogens with two attached hydrogens (primary N) is 1. The van der Waals surface area contributed by atoms with Crippen LogP contribution in [0.5, 0.6) is 0 Å². The number of aliphatic imine (C=N–C) groups is 1. The average Bonchev–Trinajstić information content (AvgIpc) is 3.01. The number of hydrogen-bond acceptors (Lipinski definition) is 4. The Kier molecular flexibility index (Phi) is 9.30. The lowest BCUT2D eigenvalue weighted by Crippen LogP contribution is -2.48. The lowest BCUT2D eigenvalue weighted by Gasteiger charge is -2.31. The summed E-state index contributed by atoms with van der Waals surface area (Å²) in [6.07, 6.45) is 2.42. The summed E-state index contributed by atoms with van der Waals surface area (Å²) in [5.74, 6) is 0.492. The number of carbonyl (C=O) groups excluding carboxylic acids is 1. The number of rotatable bonds is 5. The number of amides is 1. The minimum absolute atomic E-state index is 0. The molecule has 0 bridgehead atoms. The Hall–Kier alpha value is -1.03. The number of halogens is 1. The van der Waals surface area contributed by atoms with E-state index < -0.39 is 0 Å². The summed E-state index contributed by atoms with van der Waals surface area (Å²) in [6.45, 7) is 4.32. The molecule has 1 aromatic heterocycles. The molecule has 0 radical (unpaired) electrons. The van der Waals surface area contributed by atoms with Gasteiger partial charge in [-0.1, -0.05) is 6.07 Å². The molecular weight excluding hydrogens is 427 g/mol. The van der Waals surface area contributed by atoms with Crippen molar-refractivity contribution in [1.82, 2.24) is 10.2 Å². The summed E-state index contributed by atoms with van der Waals surface area (Å²) in [5.41, 5.74) is 5.92. The Morgan fingerprint density at radius 1 is 1.52 bits per heavy atom. The van der Waals surface area contributed by atoms with Crippen molar-refractivity contribution in [2.45, 2.75) is 32.2 Å². The van der Waals surface area contributed by atoms with Gasteiger partial charge in [-0.05, 0) is 31.2 Å². The number of likely N-dealkylation sites (tertiary alicyclic amines) is 1.